The van der Waals surface area contributed by atoms with Crippen molar-refractivity contribution in [1.82, 2.24) is 5.32 Å². The number of hydrogen-bond acceptors (Lipinski definition) is 3. The minimum atomic E-state index is -0.675. The minimum Gasteiger partial charge on any atom is -0.481 e. The van der Waals surface area contributed by atoms with Crippen LogP contribution in [0.15, 0.2) is 24.3 Å². The van der Waals surface area contributed by atoms with E-state index < -0.39 is 12.0 Å². The van der Waals surface area contributed by atoms with Gasteiger partial charge in [-0.1, -0.05) is 31.2 Å². The third-order valence-electron chi connectivity index (χ3n) is 3.98. The molecule has 5 heteroatoms. The average molecular weight is 286 g/mol. The van der Waals surface area contributed by atoms with Crippen molar-refractivity contribution in [3.05, 3.63) is 35.4 Å². The van der Waals surface area contributed by atoms with Crippen LogP contribution >= 0.6 is 0 Å². The molecule has 3 atom stereocenters. The number of nitrogens with zero attached hydrogens (tertiary/aromatic N) is 1. The molecule has 1 saturated heterocycles. The zero-order valence-corrected chi connectivity index (χ0v) is 11.9. The predicted octanol–water partition coefficient (Wildman–Crippen LogP) is 1.84. The molecule has 1 heterocycles. The van der Waals surface area contributed by atoms with E-state index in [9.17, 15) is 9.59 Å². The lowest BCUT2D eigenvalue weighted by molar-refractivity contribution is -0.138. The van der Waals surface area contributed by atoms with Gasteiger partial charge in [-0.2, -0.15) is 5.26 Å². The highest BCUT2D eigenvalue weighted by Crippen LogP contribution is 2.41. The Bertz CT molecular complexity index is 591. The lowest BCUT2D eigenvalue weighted by Crippen LogP contribution is -2.12. The summed E-state index contributed by atoms with van der Waals surface area (Å²) in [6, 6.07) is 9.60. The average Bonchev–Trinajstić information content (AvgIpc) is 3.07. The number of carbonyl (C=O) groups excluding carboxylic acids is 1. The number of nitrogens with one attached hydrogen (secondary N) is 1. The second kappa shape index (κ2) is 6.40. The van der Waals surface area contributed by atoms with Gasteiger partial charge in [0.2, 0.25) is 0 Å². The van der Waals surface area contributed by atoms with Crippen molar-refractivity contribution in [2.45, 2.75) is 38.1 Å². The fourth-order valence-electron chi connectivity index (χ4n) is 2.94. The molecule has 2 aliphatic rings. The van der Waals surface area contributed by atoms with Crippen molar-refractivity contribution in [2.75, 3.05) is 0 Å². The van der Waals surface area contributed by atoms with Gasteiger partial charge in [-0.15, -0.1) is 0 Å². The van der Waals surface area contributed by atoms with Gasteiger partial charge in [0, 0.05) is 6.42 Å². The molecule has 0 spiro atoms. The number of hydrogen-bond donors (Lipinski definition) is 2. The van der Waals surface area contributed by atoms with Crippen LogP contribution in [0.3, 0.4) is 0 Å². The number of carboxylic acid groups (broad SMARTS) is 1. The standard InChI is InChI=1S/C13H16O2.C3H2N2O/c1-2-11-10(8-13(14)15)7-9-5-3-4-6-12(9)11;4-1-2-3(6)5-2/h3-6,10-11H,2,7-8H2,1H3,(H,14,15);2H,(H,5,6). The number of carboxylic acids is 1. The molecule has 1 aliphatic carbocycles. The Hall–Kier alpha value is -2.35. The van der Waals surface area contributed by atoms with Gasteiger partial charge in [0.05, 0.1) is 6.07 Å². The monoisotopic (exact) mass is 286 g/mol. The summed E-state index contributed by atoms with van der Waals surface area (Å²) in [7, 11) is 0. The van der Waals surface area contributed by atoms with E-state index in [1.165, 1.54) is 11.1 Å². The highest BCUT2D eigenvalue weighted by molar-refractivity contribution is 5.99. The summed E-state index contributed by atoms with van der Waals surface area (Å²) in [5.41, 5.74) is 2.71. The molecule has 5 nitrogen and oxygen atoms in total. The first-order valence-electron chi connectivity index (χ1n) is 7.06. The molecule has 0 radical (unpaired) electrons. The molecule has 1 aromatic carbocycles. The number of rotatable bonds is 3. The van der Waals surface area contributed by atoms with Crippen molar-refractivity contribution < 1.29 is 14.7 Å². The first-order valence-corrected chi connectivity index (χ1v) is 7.06. The molecule has 2 N–H and O–H groups in total. The highest BCUT2D eigenvalue weighted by atomic mass is 16.4. The molecular weight excluding hydrogens is 268 g/mol. The van der Waals surface area contributed by atoms with E-state index in [1.807, 2.05) is 12.1 Å². The van der Waals surface area contributed by atoms with E-state index in [0.29, 0.717) is 18.3 Å². The van der Waals surface area contributed by atoms with Crippen molar-refractivity contribution in [3.8, 4) is 6.07 Å². The normalized spacial score (nSPS) is 25.0. The van der Waals surface area contributed by atoms with E-state index in [0.717, 1.165) is 12.8 Å². The number of benzene rings is 1. The van der Waals surface area contributed by atoms with Crippen LogP contribution in [0.25, 0.3) is 0 Å². The van der Waals surface area contributed by atoms with Crippen molar-refractivity contribution in [3.63, 3.8) is 0 Å². The summed E-state index contributed by atoms with van der Waals surface area (Å²) in [6.07, 6.45) is 2.27. The van der Waals surface area contributed by atoms with Gasteiger partial charge in [0.25, 0.3) is 5.91 Å². The van der Waals surface area contributed by atoms with Gasteiger partial charge in [-0.3, -0.25) is 9.59 Å². The number of amides is 1. The van der Waals surface area contributed by atoms with Crippen molar-refractivity contribution in [1.29, 1.82) is 5.26 Å². The summed E-state index contributed by atoms with van der Waals surface area (Å²) in [5, 5.41) is 19.0. The zero-order chi connectivity index (χ0) is 15.4. The molecule has 0 aromatic heterocycles. The van der Waals surface area contributed by atoms with Crippen LogP contribution in [0, 0.1) is 17.2 Å². The summed E-state index contributed by atoms with van der Waals surface area (Å²) in [5.74, 6) is -0.0917. The summed E-state index contributed by atoms with van der Waals surface area (Å²) in [4.78, 5) is 20.6. The van der Waals surface area contributed by atoms with Gasteiger partial charge in [-0.05, 0) is 35.8 Å². The molecule has 110 valence electrons. The summed E-state index contributed by atoms with van der Waals surface area (Å²) < 4.78 is 0. The van der Waals surface area contributed by atoms with E-state index >= 15 is 0 Å². The number of aliphatic carboxylic acids is 1. The topological polar surface area (TPSA) is 100 Å². The maximum absolute atomic E-state index is 10.8. The van der Waals surface area contributed by atoms with Gasteiger partial charge < -0.3 is 10.4 Å². The Kier molecular flexibility index (Phi) is 4.59. The van der Waals surface area contributed by atoms with E-state index in [4.69, 9.17) is 10.4 Å². The number of fused-ring (bicyclic) bond motifs is 1. The first kappa shape index (κ1) is 15.0. The quantitative estimate of drug-likeness (QED) is 0.828. The molecule has 0 saturated carbocycles. The fraction of sp³-hybridized carbons (Fsp3) is 0.438. The second-order valence-electron chi connectivity index (χ2n) is 5.35. The lowest BCUT2D eigenvalue weighted by Gasteiger charge is -2.16. The zero-order valence-electron chi connectivity index (χ0n) is 11.9. The SMILES string of the molecule is CCC1c2ccccc2CC1CC(=O)O.N#CC1NC1=O. The summed E-state index contributed by atoms with van der Waals surface area (Å²) >= 11 is 0. The van der Waals surface area contributed by atoms with Crippen LogP contribution < -0.4 is 5.32 Å². The van der Waals surface area contributed by atoms with Crippen molar-refractivity contribution in [2.24, 2.45) is 5.92 Å². The van der Waals surface area contributed by atoms with Crippen LogP contribution in [-0.4, -0.2) is 23.0 Å². The van der Waals surface area contributed by atoms with E-state index in [-0.39, 0.29) is 5.91 Å². The Labute approximate surface area is 123 Å². The van der Waals surface area contributed by atoms with Gasteiger partial charge >= 0.3 is 5.97 Å². The Morgan fingerprint density at radius 3 is 2.62 bits per heavy atom. The van der Waals surface area contributed by atoms with Gasteiger partial charge in [-0.25, -0.2) is 0 Å². The third-order valence-corrected chi connectivity index (χ3v) is 3.98. The predicted molar refractivity (Wildman–Crippen MR) is 76.5 cm³/mol. The van der Waals surface area contributed by atoms with E-state index in [2.05, 4.69) is 24.4 Å². The van der Waals surface area contributed by atoms with Crippen LogP contribution in [0.1, 0.15) is 36.8 Å². The largest absolute Gasteiger partial charge is 0.481 e. The van der Waals surface area contributed by atoms with Crippen LogP contribution in [-0.2, 0) is 16.0 Å². The molecule has 1 amide bonds. The number of nitriles is 1. The highest BCUT2D eigenvalue weighted by Gasteiger charge is 2.33. The Morgan fingerprint density at radius 2 is 2.14 bits per heavy atom. The van der Waals surface area contributed by atoms with Gasteiger partial charge in [0.15, 0.2) is 6.04 Å². The summed E-state index contributed by atoms with van der Waals surface area (Å²) in [6.45, 7) is 2.14. The molecule has 1 aliphatic heterocycles. The molecule has 1 fully saturated rings. The van der Waals surface area contributed by atoms with E-state index in [1.54, 1.807) is 6.07 Å². The van der Waals surface area contributed by atoms with Crippen molar-refractivity contribution >= 4 is 11.9 Å². The van der Waals surface area contributed by atoms with Crippen LogP contribution in [0.5, 0.6) is 0 Å². The maximum Gasteiger partial charge on any atom is 0.303 e. The molecule has 1 aromatic rings. The molecule has 21 heavy (non-hydrogen) atoms. The van der Waals surface area contributed by atoms with Gasteiger partial charge in [0.1, 0.15) is 0 Å². The smallest absolute Gasteiger partial charge is 0.303 e. The molecule has 3 rings (SSSR count). The molecule has 3 unspecified atom stereocenters. The Balaban J connectivity index is 0.000000225. The Morgan fingerprint density at radius 1 is 1.48 bits per heavy atom. The van der Waals surface area contributed by atoms with Crippen LogP contribution in [0.2, 0.25) is 0 Å². The number of carbonyl (C=O) groups is 2. The molecular formula is C16H18N2O3. The minimum absolute atomic E-state index is 0.155. The fourth-order valence-corrected chi connectivity index (χ4v) is 2.94. The lowest BCUT2D eigenvalue weighted by atomic mass is 9.88. The second-order valence-corrected chi connectivity index (χ2v) is 5.35. The molecule has 0 bridgehead atoms. The maximum atomic E-state index is 10.8. The van der Waals surface area contributed by atoms with Crippen LogP contribution in [0.4, 0.5) is 0 Å². The third kappa shape index (κ3) is 3.60. The first-order chi connectivity index (χ1) is 10.1.